The standard InChI is InChI=1S/C17H23FN2O3/c1-3-5-15(4-2)20-17(21)19-7-6-12-8-14(18)9-13-10-22-11-23-16(12)13/h3,8-9,15H,1,4-7,10-11H2,2H3,(H2,19,20,21)/t15-/m1/s1. The molecule has 23 heavy (non-hydrogen) atoms. The van der Waals surface area contributed by atoms with E-state index >= 15 is 0 Å². The number of amides is 2. The highest BCUT2D eigenvalue weighted by Crippen LogP contribution is 2.29. The number of fused-ring (bicyclic) bond motifs is 1. The van der Waals surface area contributed by atoms with E-state index in [4.69, 9.17) is 9.47 Å². The van der Waals surface area contributed by atoms with Crippen molar-refractivity contribution in [1.82, 2.24) is 10.6 Å². The van der Waals surface area contributed by atoms with Gasteiger partial charge >= 0.3 is 6.03 Å². The van der Waals surface area contributed by atoms with E-state index in [0.717, 1.165) is 18.4 Å². The monoisotopic (exact) mass is 322 g/mol. The van der Waals surface area contributed by atoms with E-state index in [0.29, 0.717) is 30.9 Å². The van der Waals surface area contributed by atoms with Crippen LogP contribution < -0.4 is 15.4 Å². The van der Waals surface area contributed by atoms with Crippen LogP contribution in [0.2, 0.25) is 0 Å². The molecule has 6 heteroatoms. The number of halogens is 1. The van der Waals surface area contributed by atoms with E-state index in [2.05, 4.69) is 17.2 Å². The van der Waals surface area contributed by atoms with E-state index in [1.165, 1.54) is 12.1 Å². The first-order valence-corrected chi connectivity index (χ1v) is 7.81. The smallest absolute Gasteiger partial charge is 0.315 e. The normalized spacial score (nSPS) is 14.3. The van der Waals surface area contributed by atoms with E-state index in [1.54, 1.807) is 6.08 Å². The van der Waals surface area contributed by atoms with Crippen molar-refractivity contribution in [3.63, 3.8) is 0 Å². The van der Waals surface area contributed by atoms with Gasteiger partial charge in [0.1, 0.15) is 11.6 Å². The molecule has 0 saturated heterocycles. The molecule has 0 fully saturated rings. The van der Waals surface area contributed by atoms with Gasteiger partial charge in [0.15, 0.2) is 6.79 Å². The number of hydrogen-bond acceptors (Lipinski definition) is 3. The molecule has 2 amide bonds. The summed E-state index contributed by atoms with van der Waals surface area (Å²) in [4.78, 5) is 11.9. The molecule has 1 aromatic carbocycles. The molecule has 2 N–H and O–H groups in total. The van der Waals surface area contributed by atoms with Crippen LogP contribution in [0.5, 0.6) is 5.75 Å². The van der Waals surface area contributed by atoms with Crippen molar-refractivity contribution in [2.24, 2.45) is 0 Å². The summed E-state index contributed by atoms with van der Waals surface area (Å²) in [6.45, 7) is 6.59. The van der Waals surface area contributed by atoms with Crippen LogP contribution in [0.4, 0.5) is 9.18 Å². The lowest BCUT2D eigenvalue weighted by atomic mass is 10.1. The van der Waals surface area contributed by atoms with E-state index < -0.39 is 0 Å². The SMILES string of the molecule is C=CC[C@@H](CC)NC(=O)NCCc1cc(F)cc2c1OCOC2. The summed E-state index contributed by atoms with van der Waals surface area (Å²) in [5.74, 6) is 0.340. The third-order valence-electron chi connectivity index (χ3n) is 3.71. The second kappa shape index (κ2) is 8.53. The highest BCUT2D eigenvalue weighted by Gasteiger charge is 2.17. The van der Waals surface area contributed by atoms with Gasteiger partial charge in [-0.2, -0.15) is 0 Å². The van der Waals surface area contributed by atoms with Crippen LogP contribution in [0.25, 0.3) is 0 Å². The minimum absolute atomic E-state index is 0.0786. The van der Waals surface area contributed by atoms with E-state index in [9.17, 15) is 9.18 Å². The lowest BCUT2D eigenvalue weighted by Gasteiger charge is -2.21. The summed E-state index contributed by atoms with van der Waals surface area (Å²) in [6, 6.07) is 2.71. The Kier molecular flexibility index (Phi) is 6.40. The number of nitrogens with one attached hydrogen (secondary N) is 2. The first-order chi connectivity index (χ1) is 11.1. The number of hydrogen-bond donors (Lipinski definition) is 2. The Hall–Kier alpha value is -2.08. The fourth-order valence-electron chi connectivity index (χ4n) is 2.52. The minimum Gasteiger partial charge on any atom is -0.467 e. The van der Waals surface area contributed by atoms with Crippen LogP contribution in [0.15, 0.2) is 24.8 Å². The Balaban J connectivity index is 1.88. The molecular weight excluding hydrogens is 299 g/mol. The number of ether oxygens (including phenoxy) is 2. The number of benzene rings is 1. The zero-order valence-electron chi connectivity index (χ0n) is 13.4. The maximum Gasteiger partial charge on any atom is 0.315 e. The first kappa shape index (κ1) is 17.3. The van der Waals surface area contributed by atoms with Crippen molar-refractivity contribution in [3.8, 4) is 5.75 Å². The van der Waals surface area contributed by atoms with E-state index in [-0.39, 0.29) is 24.7 Å². The Morgan fingerprint density at radius 1 is 1.52 bits per heavy atom. The molecule has 0 spiro atoms. The topological polar surface area (TPSA) is 59.6 Å². The Morgan fingerprint density at radius 2 is 2.35 bits per heavy atom. The highest BCUT2D eigenvalue weighted by molar-refractivity contribution is 5.74. The second-order valence-electron chi connectivity index (χ2n) is 5.44. The van der Waals surface area contributed by atoms with Crippen molar-refractivity contribution in [2.45, 2.75) is 38.8 Å². The molecule has 1 aliphatic rings. The number of carbonyl (C=O) groups is 1. The summed E-state index contributed by atoms with van der Waals surface area (Å²) >= 11 is 0. The molecule has 126 valence electrons. The van der Waals surface area contributed by atoms with Gasteiger partial charge in [0.25, 0.3) is 0 Å². The van der Waals surface area contributed by atoms with Crippen molar-refractivity contribution in [3.05, 3.63) is 41.7 Å². The summed E-state index contributed by atoms with van der Waals surface area (Å²) in [6.07, 6.45) is 3.85. The molecule has 2 rings (SSSR count). The largest absolute Gasteiger partial charge is 0.467 e. The zero-order valence-corrected chi connectivity index (χ0v) is 13.4. The van der Waals surface area contributed by atoms with Crippen molar-refractivity contribution in [2.75, 3.05) is 13.3 Å². The van der Waals surface area contributed by atoms with Gasteiger partial charge in [-0.05, 0) is 37.0 Å². The molecule has 5 nitrogen and oxygen atoms in total. The summed E-state index contributed by atoms with van der Waals surface area (Å²) in [5, 5.41) is 5.67. The van der Waals surface area contributed by atoms with E-state index in [1.807, 2.05) is 6.92 Å². The summed E-state index contributed by atoms with van der Waals surface area (Å²) in [5.41, 5.74) is 1.44. The predicted octanol–water partition coefficient (Wildman–Crippen LogP) is 2.89. The molecule has 1 aliphatic heterocycles. The van der Waals surface area contributed by atoms with Crippen LogP contribution in [-0.2, 0) is 17.8 Å². The van der Waals surface area contributed by atoms with Gasteiger partial charge in [0, 0.05) is 18.2 Å². The molecule has 0 bridgehead atoms. The number of carbonyl (C=O) groups excluding carboxylic acids is 1. The van der Waals surface area contributed by atoms with Crippen molar-refractivity contribution >= 4 is 6.03 Å². The van der Waals surface area contributed by atoms with Crippen LogP contribution in [0.1, 0.15) is 30.9 Å². The molecule has 1 heterocycles. The first-order valence-electron chi connectivity index (χ1n) is 7.81. The summed E-state index contributed by atoms with van der Waals surface area (Å²) in [7, 11) is 0. The second-order valence-corrected chi connectivity index (χ2v) is 5.44. The number of rotatable bonds is 7. The Morgan fingerprint density at radius 3 is 3.09 bits per heavy atom. The van der Waals surface area contributed by atoms with Gasteiger partial charge in [-0.3, -0.25) is 0 Å². The third kappa shape index (κ3) is 4.96. The van der Waals surface area contributed by atoms with Gasteiger partial charge in [0.2, 0.25) is 0 Å². The molecule has 0 aromatic heterocycles. The van der Waals surface area contributed by atoms with Crippen LogP contribution in [0.3, 0.4) is 0 Å². The maximum atomic E-state index is 13.6. The number of urea groups is 1. The lowest BCUT2D eigenvalue weighted by molar-refractivity contribution is -0.0172. The molecule has 0 radical (unpaired) electrons. The fourth-order valence-corrected chi connectivity index (χ4v) is 2.52. The molecule has 0 unspecified atom stereocenters. The van der Waals surface area contributed by atoms with Gasteiger partial charge < -0.3 is 20.1 Å². The minimum atomic E-state index is -0.325. The van der Waals surface area contributed by atoms with Crippen molar-refractivity contribution < 1.29 is 18.7 Å². The van der Waals surface area contributed by atoms with Gasteiger partial charge in [-0.1, -0.05) is 13.0 Å². The van der Waals surface area contributed by atoms with Crippen molar-refractivity contribution in [1.29, 1.82) is 0 Å². The highest BCUT2D eigenvalue weighted by atomic mass is 19.1. The molecule has 0 saturated carbocycles. The average molecular weight is 322 g/mol. The Labute approximate surface area is 135 Å². The Bertz CT molecular complexity index is 563. The summed E-state index contributed by atoms with van der Waals surface area (Å²) < 4.78 is 24.2. The van der Waals surface area contributed by atoms with Gasteiger partial charge in [0.05, 0.1) is 6.61 Å². The quantitative estimate of drug-likeness (QED) is 0.759. The van der Waals surface area contributed by atoms with Gasteiger partial charge in [-0.15, -0.1) is 6.58 Å². The molecular formula is C17H23FN2O3. The van der Waals surface area contributed by atoms with Crippen LogP contribution in [-0.4, -0.2) is 25.4 Å². The molecule has 0 aliphatic carbocycles. The van der Waals surface area contributed by atoms with Gasteiger partial charge in [-0.25, -0.2) is 9.18 Å². The third-order valence-corrected chi connectivity index (χ3v) is 3.71. The van der Waals surface area contributed by atoms with Crippen LogP contribution in [0, 0.1) is 5.82 Å². The predicted molar refractivity (Wildman–Crippen MR) is 85.8 cm³/mol. The molecule has 1 atom stereocenters. The zero-order chi connectivity index (χ0) is 16.7. The lowest BCUT2D eigenvalue weighted by Crippen LogP contribution is -2.42. The molecule has 1 aromatic rings. The average Bonchev–Trinajstić information content (AvgIpc) is 2.54. The van der Waals surface area contributed by atoms with Crippen LogP contribution >= 0.6 is 0 Å². The maximum absolute atomic E-state index is 13.6. The fraction of sp³-hybridized carbons (Fsp3) is 0.471.